The van der Waals surface area contributed by atoms with Crippen LogP contribution >= 0.6 is 0 Å². The summed E-state index contributed by atoms with van der Waals surface area (Å²) in [5.41, 5.74) is 5.98. The van der Waals surface area contributed by atoms with E-state index in [2.05, 4.69) is 60.1 Å². The van der Waals surface area contributed by atoms with Crippen LogP contribution in [-0.2, 0) is 0 Å². The van der Waals surface area contributed by atoms with Crippen molar-refractivity contribution in [3.8, 4) is 0 Å². The predicted octanol–water partition coefficient (Wildman–Crippen LogP) is 5.06. The summed E-state index contributed by atoms with van der Waals surface area (Å²) < 4.78 is 0. The Morgan fingerprint density at radius 3 is 2.62 bits per heavy atom. The minimum atomic E-state index is 0.872. The summed E-state index contributed by atoms with van der Waals surface area (Å²) in [7, 11) is 0. The quantitative estimate of drug-likeness (QED) is 0.634. The van der Waals surface area contributed by atoms with Crippen LogP contribution in [0.5, 0.6) is 0 Å². The number of hydrogen-bond acceptors (Lipinski definition) is 1. The van der Waals surface area contributed by atoms with Gasteiger partial charge in [0.25, 0.3) is 0 Å². The molecular weight excluding hydrogens is 254 g/mol. The van der Waals surface area contributed by atoms with E-state index in [-0.39, 0.29) is 0 Å². The molecule has 1 aliphatic heterocycles. The number of allylic oxidation sites excluding steroid dienone is 6. The van der Waals surface area contributed by atoms with Gasteiger partial charge in [0.05, 0.1) is 5.71 Å². The van der Waals surface area contributed by atoms with Crippen LogP contribution in [0.1, 0.15) is 17.5 Å². The average molecular weight is 269 g/mol. The Bertz CT molecular complexity index is 809. The fourth-order valence-corrected chi connectivity index (χ4v) is 3.05. The normalized spacial score (nSPS) is 24.7. The molecule has 1 heteroatoms. The van der Waals surface area contributed by atoms with Gasteiger partial charge in [0.15, 0.2) is 0 Å². The van der Waals surface area contributed by atoms with Crippen LogP contribution in [0.25, 0.3) is 16.3 Å². The number of fused-ring (bicyclic) bond motifs is 4. The fraction of sp³-hybridized carbons (Fsp3) is 0.0500. The molecule has 0 saturated heterocycles. The van der Waals surface area contributed by atoms with Crippen molar-refractivity contribution >= 4 is 22.1 Å². The van der Waals surface area contributed by atoms with E-state index in [9.17, 15) is 0 Å². The Morgan fingerprint density at radius 2 is 1.76 bits per heavy atom. The molecule has 0 radical (unpaired) electrons. The maximum Gasteiger partial charge on any atom is 0.0526 e. The highest BCUT2D eigenvalue weighted by Crippen LogP contribution is 2.36. The second kappa shape index (κ2) is 4.71. The first-order valence-corrected chi connectivity index (χ1v) is 7.15. The smallest absolute Gasteiger partial charge is 0.0526 e. The lowest BCUT2D eigenvalue weighted by Gasteiger charge is -2.21. The van der Waals surface area contributed by atoms with Crippen molar-refractivity contribution < 1.29 is 0 Å². The molecule has 2 aromatic carbocycles. The molecule has 0 spiro atoms. The molecule has 0 saturated carbocycles. The van der Waals surface area contributed by atoms with Gasteiger partial charge >= 0.3 is 0 Å². The van der Waals surface area contributed by atoms with Gasteiger partial charge in [-0.05, 0) is 33.6 Å². The molecule has 100 valence electrons. The summed E-state index contributed by atoms with van der Waals surface area (Å²) >= 11 is 0. The van der Waals surface area contributed by atoms with Crippen molar-refractivity contribution in [3.05, 3.63) is 90.2 Å². The van der Waals surface area contributed by atoms with Gasteiger partial charge < -0.3 is 0 Å². The number of benzene rings is 2. The van der Waals surface area contributed by atoms with Crippen molar-refractivity contribution in [2.24, 2.45) is 4.99 Å². The summed E-state index contributed by atoms with van der Waals surface area (Å²) in [6, 6.07) is 13.0. The van der Waals surface area contributed by atoms with Crippen LogP contribution < -0.4 is 0 Å². The lowest BCUT2D eigenvalue weighted by Crippen LogP contribution is -2.10. The first-order valence-electron chi connectivity index (χ1n) is 7.15. The molecule has 0 amide bonds. The summed E-state index contributed by atoms with van der Waals surface area (Å²) in [6.07, 6.45) is 11.0. The first-order chi connectivity index (χ1) is 10.3. The molecule has 1 heterocycles. The third-order valence-corrected chi connectivity index (χ3v) is 4.05. The number of rotatable bonds is 0. The third-order valence-electron chi connectivity index (χ3n) is 4.05. The summed E-state index contributed by atoms with van der Waals surface area (Å²) in [5.74, 6) is 0. The van der Waals surface area contributed by atoms with E-state index >= 15 is 0 Å². The lowest BCUT2D eigenvalue weighted by atomic mass is 9.83. The highest BCUT2D eigenvalue weighted by atomic mass is 14.7. The Kier molecular flexibility index (Phi) is 2.71. The molecule has 1 nitrogen and oxygen atoms in total. The van der Waals surface area contributed by atoms with E-state index in [1.54, 1.807) is 0 Å². The molecule has 2 bridgehead atoms. The molecule has 4 rings (SSSR count). The lowest BCUT2D eigenvalue weighted by molar-refractivity contribution is 1.37. The van der Waals surface area contributed by atoms with E-state index in [0.717, 1.165) is 17.7 Å². The SMILES string of the molecule is C=C1/C=C\C=C2/C/C(=N\C=C/1)c1cccc3cccc2c13. The Balaban J connectivity index is 2.10. The van der Waals surface area contributed by atoms with Gasteiger partial charge in [0, 0.05) is 18.2 Å². The molecule has 0 unspecified atom stereocenters. The summed E-state index contributed by atoms with van der Waals surface area (Å²) in [6.45, 7) is 3.99. The van der Waals surface area contributed by atoms with Crippen molar-refractivity contribution in [1.29, 1.82) is 0 Å². The topological polar surface area (TPSA) is 12.4 Å². The maximum absolute atomic E-state index is 4.68. The highest BCUT2D eigenvalue weighted by Gasteiger charge is 2.20. The summed E-state index contributed by atoms with van der Waals surface area (Å²) in [4.78, 5) is 4.68. The Labute approximate surface area is 124 Å². The molecule has 0 atom stereocenters. The van der Waals surface area contributed by atoms with Crippen LogP contribution in [0.15, 0.2) is 84.0 Å². The van der Waals surface area contributed by atoms with Crippen LogP contribution in [0.3, 0.4) is 0 Å². The second-order valence-electron chi connectivity index (χ2n) is 5.40. The zero-order valence-electron chi connectivity index (χ0n) is 11.7. The van der Waals surface area contributed by atoms with E-state index in [0.29, 0.717) is 0 Å². The van der Waals surface area contributed by atoms with E-state index in [1.807, 2.05) is 18.4 Å². The Hall–Kier alpha value is -2.67. The average Bonchev–Trinajstić information content (AvgIpc) is 2.51. The van der Waals surface area contributed by atoms with Crippen LogP contribution in [0.2, 0.25) is 0 Å². The maximum atomic E-state index is 4.68. The molecule has 0 N–H and O–H groups in total. The van der Waals surface area contributed by atoms with Crippen LogP contribution in [0.4, 0.5) is 0 Å². The van der Waals surface area contributed by atoms with E-state index in [4.69, 9.17) is 0 Å². The minimum Gasteiger partial charge on any atom is -0.260 e. The van der Waals surface area contributed by atoms with Gasteiger partial charge in [-0.1, -0.05) is 61.2 Å². The number of nitrogens with zero attached hydrogens (tertiary/aromatic N) is 1. The van der Waals surface area contributed by atoms with Gasteiger partial charge in [-0.25, -0.2) is 0 Å². The van der Waals surface area contributed by atoms with Crippen molar-refractivity contribution in [2.75, 3.05) is 0 Å². The highest BCUT2D eigenvalue weighted by molar-refractivity contribution is 6.20. The fourth-order valence-electron chi connectivity index (χ4n) is 3.05. The molecule has 0 fully saturated rings. The van der Waals surface area contributed by atoms with Gasteiger partial charge in [-0.2, -0.15) is 0 Å². The van der Waals surface area contributed by atoms with Gasteiger partial charge in [-0.3, -0.25) is 4.99 Å². The number of aliphatic imine (C=N–C) groups is 1. The van der Waals surface area contributed by atoms with E-state index < -0.39 is 0 Å². The molecule has 2 aliphatic rings. The monoisotopic (exact) mass is 269 g/mol. The predicted molar refractivity (Wildman–Crippen MR) is 90.5 cm³/mol. The summed E-state index contributed by atoms with van der Waals surface area (Å²) in [5, 5.41) is 2.59. The van der Waals surface area contributed by atoms with Gasteiger partial charge in [-0.15, -0.1) is 0 Å². The molecule has 1 aliphatic carbocycles. The van der Waals surface area contributed by atoms with Crippen LogP contribution in [0, 0.1) is 0 Å². The van der Waals surface area contributed by atoms with Gasteiger partial charge in [0.1, 0.15) is 0 Å². The first kappa shape index (κ1) is 12.1. The molecular formula is C20H15N. The zero-order valence-corrected chi connectivity index (χ0v) is 11.7. The number of hydrogen-bond donors (Lipinski definition) is 0. The zero-order chi connectivity index (χ0) is 14.2. The third kappa shape index (κ3) is 1.98. The van der Waals surface area contributed by atoms with Crippen molar-refractivity contribution in [1.82, 2.24) is 0 Å². The Morgan fingerprint density at radius 1 is 0.952 bits per heavy atom. The van der Waals surface area contributed by atoms with Crippen molar-refractivity contribution in [3.63, 3.8) is 0 Å². The largest absolute Gasteiger partial charge is 0.260 e. The van der Waals surface area contributed by atoms with Crippen LogP contribution in [-0.4, -0.2) is 5.71 Å². The molecule has 2 aromatic rings. The molecule has 21 heavy (non-hydrogen) atoms. The molecule has 0 aromatic heterocycles. The van der Waals surface area contributed by atoms with Crippen molar-refractivity contribution in [2.45, 2.75) is 6.42 Å². The van der Waals surface area contributed by atoms with Gasteiger partial charge in [0.2, 0.25) is 0 Å². The second-order valence-corrected chi connectivity index (χ2v) is 5.40. The standard InChI is InChI=1S/C20H15N/c1-14-5-2-8-16-13-19(21-12-11-14)18-10-4-7-15-6-3-9-17(16)20(15)18/h2-12H,1,13H2/b5-2-,12-11-,16-8+,21-19+. The minimum absolute atomic E-state index is 0.872. The van der Waals surface area contributed by atoms with E-state index in [1.165, 1.54) is 27.5 Å².